The van der Waals surface area contributed by atoms with Crippen LogP contribution < -0.4 is 14.8 Å². The molecule has 2 aliphatic heterocycles. The number of piperidine rings is 1. The summed E-state index contributed by atoms with van der Waals surface area (Å²) in [6.45, 7) is 4.35. The lowest BCUT2D eigenvalue weighted by Gasteiger charge is -2.39. The number of nitrogens with zero attached hydrogens (tertiary/aromatic N) is 3. The molecule has 2 atom stereocenters. The molecule has 4 rings (SSSR count). The van der Waals surface area contributed by atoms with Crippen molar-refractivity contribution >= 4 is 17.7 Å². The van der Waals surface area contributed by atoms with E-state index < -0.39 is 6.10 Å². The number of fused-ring (bicyclic) bond motifs is 5. The van der Waals surface area contributed by atoms with Gasteiger partial charge in [-0.15, -0.1) is 0 Å². The summed E-state index contributed by atoms with van der Waals surface area (Å²) in [4.78, 5) is 44.7. The summed E-state index contributed by atoms with van der Waals surface area (Å²) in [5.74, 6) is 1.56. The first-order valence-corrected chi connectivity index (χ1v) is 14.8. The lowest BCUT2D eigenvalue weighted by Crippen LogP contribution is -2.57. The molecular weight excluding hydrogens is 536 g/mol. The van der Waals surface area contributed by atoms with E-state index in [1.165, 1.54) is 0 Å². The minimum Gasteiger partial charge on any atom is -0.493 e. The molecule has 0 saturated carbocycles. The third-order valence-electron chi connectivity index (χ3n) is 7.77. The van der Waals surface area contributed by atoms with E-state index in [2.05, 4.69) is 10.2 Å². The average molecular weight is 581 g/mol. The quantitative estimate of drug-likeness (QED) is 0.560. The maximum absolute atomic E-state index is 13.1. The van der Waals surface area contributed by atoms with Crippen molar-refractivity contribution in [2.45, 2.75) is 57.8 Å². The van der Waals surface area contributed by atoms with Gasteiger partial charge in [0.25, 0.3) is 0 Å². The van der Waals surface area contributed by atoms with Gasteiger partial charge in [-0.05, 0) is 82.2 Å². The lowest BCUT2D eigenvalue weighted by atomic mass is 10.0. The highest BCUT2D eigenvalue weighted by atomic mass is 16.5. The first-order chi connectivity index (χ1) is 20.2. The zero-order valence-electron chi connectivity index (χ0n) is 25.3. The summed E-state index contributed by atoms with van der Waals surface area (Å²) in [5.41, 5.74) is 1.84. The molecule has 1 fully saturated rings. The Labute approximate surface area is 248 Å². The van der Waals surface area contributed by atoms with Crippen LogP contribution in [-0.2, 0) is 32.1 Å². The predicted octanol–water partition coefficient (Wildman–Crippen LogP) is 3.23. The van der Waals surface area contributed by atoms with Gasteiger partial charge in [0.1, 0.15) is 5.75 Å². The van der Waals surface area contributed by atoms with Crippen LogP contribution in [0.25, 0.3) is 0 Å². The Kier molecular flexibility index (Phi) is 11.2. The Hall–Kier alpha value is -3.63. The number of hydrogen-bond acceptors (Lipinski definition) is 7. The molecule has 3 amide bonds. The van der Waals surface area contributed by atoms with E-state index in [0.717, 1.165) is 24.1 Å². The highest BCUT2D eigenvalue weighted by Crippen LogP contribution is 2.33. The molecule has 228 valence electrons. The number of amides is 3. The Morgan fingerprint density at radius 2 is 1.95 bits per heavy atom. The number of carbonyl (C=O) groups is 3. The number of aryl methyl sites for hydroxylation is 1. The van der Waals surface area contributed by atoms with E-state index in [4.69, 9.17) is 14.2 Å². The maximum atomic E-state index is 13.1. The summed E-state index contributed by atoms with van der Waals surface area (Å²) in [6, 6.07) is 13.0. The highest BCUT2D eigenvalue weighted by molar-refractivity contribution is 5.85. The van der Waals surface area contributed by atoms with Crippen LogP contribution in [0, 0.1) is 0 Å². The summed E-state index contributed by atoms with van der Waals surface area (Å²) in [5, 5.41) is 3.11. The zero-order chi connectivity index (χ0) is 30.1. The third kappa shape index (κ3) is 8.69. The van der Waals surface area contributed by atoms with Gasteiger partial charge >= 0.3 is 0 Å². The number of likely N-dealkylation sites (tertiary alicyclic amines) is 1. The van der Waals surface area contributed by atoms with Gasteiger partial charge in [0.2, 0.25) is 17.7 Å². The fourth-order valence-electron chi connectivity index (χ4n) is 5.38. The molecule has 2 aromatic rings. The molecule has 0 spiro atoms. The number of rotatable bonds is 6. The fourth-order valence-corrected chi connectivity index (χ4v) is 5.38. The molecule has 10 heteroatoms. The van der Waals surface area contributed by atoms with Crippen molar-refractivity contribution < 1.29 is 28.6 Å². The molecule has 1 saturated heterocycles. The van der Waals surface area contributed by atoms with Gasteiger partial charge < -0.3 is 34.2 Å². The Bertz CT molecular complexity index is 1240. The standard InChI is InChI=1S/C32H44N4O6/c1-5-35-21-30(37)33-26-15-17-36(31(38)10-7-16-34(2)3)20-29(26)41-22-24-8-6-9-25(18-24)42-28-19-23(12-14-32(35)39)11-13-27(28)40-4/h6,8-9,11,13,18-19,26,29H,5,7,10,12,14-17,20-22H2,1-4H3,(H,33,37)/t26-,29-/m0/s1. The topological polar surface area (TPSA) is 101 Å². The van der Waals surface area contributed by atoms with E-state index in [1.807, 2.05) is 68.4 Å². The second kappa shape index (κ2) is 15.0. The van der Waals surface area contributed by atoms with Crippen molar-refractivity contribution in [1.29, 1.82) is 0 Å². The SMILES string of the molecule is CCN1CC(=O)N[C@H]2CCN(C(=O)CCCN(C)C)C[C@@H]2OCc2cccc(c2)Oc2cc(ccc2OC)CCC1=O. The number of carbonyl (C=O) groups excluding carboxylic acids is 3. The van der Waals surface area contributed by atoms with Crippen LogP contribution in [-0.4, -0.2) is 98.5 Å². The molecule has 0 unspecified atom stereocenters. The number of ether oxygens (including phenoxy) is 3. The Balaban J connectivity index is 1.57. The Morgan fingerprint density at radius 3 is 2.71 bits per heavy atom. The molecule has 0 radical (unpaired) electrons. The van der Waals surface area contributed by atoms with Gasteiger partial charge in [0.05, 0.1) is 32.4 Å². The average Bonchev–Trinajstić information content (AvgIpc) is 2.97. The molecule has 10 nitrogen and oxygen atoms in total. The molecule has 2 heterocycles. The predicted molar refractivity (Wildman–Crippen MR) is 160 cm³/mol. The summed E-state index contributed by atoms with van der Waals surface area (Å²) in [6.07, 6.45) is 2.21. The van der Waals surface area contributed by atoms with Crippen LogP contribution in [0.15, 0.2) is 42.5 Å². The number of likely N-dealkylation sites (N-methyl/N-ethyl adjacent to an activating group) is 1. The fraction of sp³-hybridized carbons (Fsp3) is 0.531. The second-order valence-corrected chi connectivity index (χ2v) is 11.2. The largest absolute Gasteiger partial charge is 0.493 e. The normalized spacial score (nSPS) is 20.2. The molecule has 2 aliphatic rings. The van der Waals surface area contributed by atoms with Crippen molar-refractivity contribution in [3.05, 3.63) is 53.6 Å². The minimum absolute atomic E-state index is 0.0231. The van der Waals surface area contributed by atoms with E-state index in [0.29, 0.717) is 56.1 Å². The van der Waals surface area contributed by atoms with Gasteiger partial charge in [-0.1, -0.05) is 18.2 Å². The van der Waals surface area contributed by atoms with E-state index in [1.54, 1.807) is 12.0 Å². The van der Waals surface area contributed by atoms with Crippen molar-refractivity contribution in [3.63, 3.8) is 0 Å². The lowest BCUT2D eigenvalue weighted by molar-refractivity contribution is -0.139. The summed E-state index contributed by atoms with van der Waals surface area (Å²) >= 11 is 0. The van der Waals surface area contributed by atoms with E-state index in [-0.39, 0.29) is 43.3 Å². The van der Waals surface area contributed by atoms with Crippen LogP contribution >= 0.6 is 0 Å². The van der Waals surface area contributed by atoms with Crippen LogP contribution in [0.3, 0.4) is 0 Å². The van der Waals surface area contributed by atoms with Gasteiger partial charge in [-0.25, -0.2) is 0 Å². The third-order valence-corrected chi connectivity index (χ3v) is 7.77. The van der Waals surface area contributed by atoms with E-state index in [9.17, 15) is 14.4 Å². The molecular formula is C32H44N4O6. The van der Waals surface area contributed by atoms with Crippen LogP contribution in [0.2, 0.25) is 0 Å². The molecule has 4 bridgehead atoms. The van der Waals surface area contributed by atoms with Crippen LogP contribution in [0.5, 0.6) is 17.2 Å². The van der Waals surface area contributed by atoms with Crippen molar-refractivity contribution in [3.8, 4) is 17.2 Å². The van der Waals surface area contributed by atoms with Crippen LogP contribution in [0.1, 0.15) is 43.7 Å². The van der Waals surface area contributed by atoms with Crippen molar-refractivity contribution in [1.82, 2.24) is 20.0 Å². The Morgan fingerprint density at radius 1 is 1.12 bits per heavy atom. The molecule has 42 heavy (non-hydrogen) atoms. The first-order valence-electron chi connectivity index (χ1n) is 14.8. The number of nitrogens with one attached hydrogen (secondary N) is 1. The van der Waals surface area contributed by atoms with Gasteiger partial charge in [0.15, 0.2) is 11.5 Å². The molecule has 1 N–H and O–H groups in total. The summed E-state index contributed by atoms with van der Waals surface area (Å²) < 4.78 is 18.1. The van der Waals surface area contributed by atoms with Crippen LogP contribution in [0.4, 0.5) is 0 Å². The highest BCUT2D eigenvalue weighted by Gasteiger charge is 2.33. The second-order valence-electron chi connectivity index (χ2n) is 11.2. The summed E-state index contributed by atoms with van der Waals surface area (Å²) in [7, 11) is 5.58. The monoisotopic (exact) mass is 580 g/mol. The van der Waals surface area contributed by atoms with Gasteiger partial charge in [0, 0.05) is 32.5 Å². The van der Waals surface area contributed by atoms with Crippen molar-refractivity contribution in [2.75, 3.05) is 53.9 Å². The van der Waals surface area contributed by atoms with E-state index >= 15 is 0 Å². The molecule has 0 aliphatic carbocycles. The van der Waals surface area contributed by atoms with Gasteiger partial charge in [-0.3, -0.25) is 14.4 Å². The van der Waals surface area contributed by atoms with Crippen molar-refractivity contribution in [2.24, 2.45) is 0 Å². The number of benzene rings is 2. The number of hydrogen-bond donors (Lipinski definition) is 1. The number of methoxy groups -OCH3 is 1. The first kappa shape index (κ1) is 31.3. The zero-order valence-corrected chi connectivity index (χ0v) is 25.3. The maximum Gasteiger partial charge on any atom is 0.239 e. The smallest absolute Gasteiger partial charge is 0.239 e. The van der Waals surface area contributed by atoms with Gasteiger partial charge in [-0.2, -0.15) is 0 Å². The minimum atomic E-state index is -0.397. The molecule has 2 aromatic carbocycles. The molecule has 0 aromatic heterocycles.